The molecule has 2 aromatic carbocycles. The minimum Gasteiger partial charge on any atom is -0.595 e. The molecule has 2 fully saturated rings. The van der Waals surface area contributed by atoms with E-state index in [1.165, 1.54) is 6.07 Å². The molecular weight excluding hydrogens is 410 g/mol. The minimum atomic E-state index is -1.05. The van der Waals surface area contributed by atoms with E-state index in [9.17, 15) is 15.2 Å². The number of amides is 1. The van der Waals surface area contributed by atoms with Gasteiger partial charge in [-0.25, -0.2) is 5.21 Å². The Hall–Kier alpha value is -2.69. The Kier molecular flexibility index (Phi) is 6.92. The summed E-state index contributed by atoms with van der Waals surface area (Å²) in [6, 6.07) is 13.2. The van der Waals surface area contributed by atoms with Gasteiger partial charge in [-0.2, -0.15) is 5.23 Å². The number of hydrogen-bond acceptors (Lipinski definition) is 7. The van der Waals surface area contributed by atoms with Crippen LogP contribution < -0.4 is 20.3 Å². The number of benzene rings is 2. The van der Waals surface area contributed by atoms with E-state index in [1.807, 2.05) is 29.2 Å². The van der Waals surface area contributed by atoms with Crippen molar-refractivity contribution in [2.24, 2.45) is 0 Å². The van der Waals surface area contributed by atoms with Crippen molar-refractivity contribution in [1.82, 2.24) is 4.90 Å². The number of morpholine rings is 1. The largest absolute Gasteiger partial charge is 0.595 e. The molecule has 2 aromatic rings. The van der Waals surface area contributed by atoms with Crippen LogP contribution in [0.3, 0.4) is 0 Å². The molecule has 2 aliphatic rings. The predicted octanol–water partition coefficient (Wildman–Crippen LogP) is 1.32. The Labute approximate surface area is 188 Å². The fourth-order valence-corrected chi connectivity index (χ4v) is 4.29. The third-order valence-electron chi connectivity index (χ3n) is 6.22. The number of ether oxygens (including phenoxy) is 1. The fraction of sp³-hybridized carbons (Fsp3) is 0.435. The number of hydrogen-bond donors (Lipinski definition) is 3. The van der Waals surface area contributed by atoms with Crippen LogP contribution in [0.15, 0.2) is 42.5 Å². The van der Waals surface area contributed by atoms with E-state index < -0.39 is 5.23 Å². The summed E-state index contributed by atoms with van der Waals surface area (Å²) in [7, 11) is 4.21. The number of nitrogens with one attached hydrogen (secondary N) is 2. The molecule has 2 atom stereocenters. The molecule has 1 amide bonds. The van der Waals surface area contributed by atoms with Gasteiger partial charge in [0, 0.05) is 55.2 Å². The summed E-state index contributed by atoms with van der Waals surface area (Å²) in [5, 5.41) is 23.3. The van der Waals surface area contributed by atoms with Gasteiger partial charge in [0.25, 0.3) is 5.91 Å². The first-order valence-corrected chi connectivity index (χ1v) is 10.9. The number of nitrogens with zero attached hydrogens (tertiary/aromatic N) is 3. The lowest BCUT2D eigenvalue weighted by Crippen LogP contribution is -2.99. The summed E-state index contributed by atoms with van der Waals surface area (Å²) in [5.74, 6) is -0.331. The van der Waals surface area contributed by atoms with Gasteiger partial charge in [0.1, 0.15) is 5.69 Å². The second kappa shape index (κ2) is 9.85. The molecule has 0 saturated carbocycles. The van der Waals surface area contributed by atoms with Crippen molar-refractivity contribution in [2.45, 2.75) is 12.5 Å². The van der Waals surface area contributed by atoms with Gasteiger partial charge in [-0.3, -0.25) is 4.79 Å². The topological polar surface area (TPSA) is 95.8 Å². The zero-order valence-corrected chi connectivity index (χ0v) is 18.6. The fourth-order valence-electron chi connectivity index (χ4n) is 4.29. The van der Waals surface area contributed by atoms with Gasteiger partial charge in [-0.1, -0.05) is 0 Å². The van der Waals surface area contributed by atoms with E-state index in [2.05, 4.69) is 29.2 Å². The van der Waals surface area contributed by atoms with Crippen molar-refractivity contribution < 1.29 is 20.0 Å². The first kappa shape index (κ1) is 22.5. The molecule has 0 bridgehead atoms. The van der Waals surface area contributed by atoms with E-state index in [4.69, 9.17) is 4.74 Å². The Bertz CT molecular complexity index is 928. The third-order valence-corrected chi connectivity index (χ3v) is 6.22. The molecule has 172 valence electrons. The van der Waals surface area contributed by atoms with Crippen molar-refractivity contribution in [1.29, 1.82) is 0 Å². The maximum atomic E-state index is 12.8. The van der Waals surface area contributed by atoms with Crippen LogP contribution in [0.25, 0.3) is 0 Å². The van der Waals surface area contributed by atoms with E-state index >= 15 is 0 Å². The number of carbonyl (C=O) groups is 1. The highest BCUT2D eigenvalue weighted by molar-refractivity contribution is 6.05. The smallest absolute Gasteiger partial charge is 0.255 e. The lowest BCUT2D eigenvalue weighted by atomic mass is 10.1. The monoisotopic (exact) mass is 441 g/mol. The third kappa shape index (κ3) is 5.03. The van der Waals surface area contributed by atoms with Gasteiger partial charge < -0.3 is 30.0 Å². The lowest BCUT2D eigenvalue weighted by molar-refractivity contribution is -0.990. The summed E-state index contributed by atoms with van der Waals surface area (Å²) < 4.78 is 5.35. The van der Waals surface area contributed by atoms with Crippen LogP contribution in [0.5, 0.6) is 0 Å². The number of carbonyl (C=O) groups excluding carboxylic acids is 1. The molecule has 4 rings (SSSR count). The SMILES string of the molecule is CN(C)C1CCN(c2ccc(NC(=O)c3ccc(N4CCOCC4)c([NH+]([O-])O)c3)cc2)C1. The second-order valence-corrected chi connectivity index (χ2v) is 8.49. The Morgan fingerprint density at radius 2 is 1.84 bits per heavy atom. The van der Waals surface area contributed by atoms with E-state index in [0.29, 0.717) is 49.3 Å². The van der Waals surface area contributed by atoms with Crippen LogP contribution in [0, 0.1) is 5.21 Å². The highest BCUT2D eigenvalue weighted by atomic mass is 16.8. The van der Waals surface area contributed by atoms with Crippen LogP contribution in [-0.2, 0) is 4.74 Å². The Morgan fingerprint density at radius 3 is 2.47 bits per heavy atom. The molecule has 2 saturated heterocycles. The number of rotatable bonds is 6. The van der Waals surface area contributed by atoms with Gasteiger partial charge >= 0.3 is 0 Å². The van der Waals surface area contributed by atoms with E-state index in [0.717, 1.165) is 25.2 Å². The van der Waals surface area contributed by atoms with Gasteiger partial charge in [0.05, 0.1) is 13.2 Å². The molecule has 9 heteroatoms. The summed E-state index contributed by atoms with van der Waals surface area (Å²) in [5.41, 5.74) is 2.87. The van der Waals surface area contributed by atoms with Crippen molar-refractivity contribution in [3.05, 3.63) is 53.2 Å². The van der Waals surface area contributed by atoms with E-state index in [-0.39, 0.29) is 11.6 Å². The maximum absolute atomic E-state index is 12.8. The van der Waals surface area contributed by atoms with Crippen molar-refractivity contribution in [3.8, 4) is 0 Å². The van der Waals surface area contributed by atoms with Crippen LogP contribution in [0.2, 0.25) is 0 Å². The second-order valence-electron chi connectivity index (χ2n) is 8.49. The van der Waals surface area contributed by atoms with Crippen molar-refractivity contribution in [3.63, 3.8) is 0 Å². The number of quaternary nitrogens is 1. The number of anilines is 3. The van der Waals surface area contributed by atoms with Crippen LogP contribution in [0.4, 0.5) is 22.7 Å². The molecule has 2 aliphatic heterocycles. The zero-order valence-electron chi connectivity index (χ0n) is 18.6. The summed E-state index contributed by atoms with van der Waals surface area (Å²) in [6.07, 6.45) is 1.14. The predicted molar refractivity (Wildman–Crippen MR) is 124 cm³/mol. The van der Waals surface area contributed by atoms with Gasteiger partial charge in [0.15, 0.2) is 5.69 Å². The molecule has 9 nitrogen and oxygen atoms in total. The average Bonchev–Trinajstić information content (AvgIpc) is 3.30. The quantitative estimate of drug-likeness (QED) is 0.582. The molecule has 0 spiro atoms. The molecule has 2 heterocycles. The minimum absolute atomic E-state index is 0.124. The maximum Gasteiger partial charge on any atom is 0.255 e. The number of likely N-dealkylation sites (N-methyl/N-ethyl adjacent to an activating group) is 1. The molecule has 32 heavy (non-hydrogen) atoms. The van der Waals surface area contributed by atoms with E-state index in [1.54, 1.807) is 12.1 Å². The standard InChI is InChI=1S/C23H31N5O4/c1-25(2)20-9-10-27(16-20)19-6-4-18(5-7-19)24-23(29)17-3-8-21(22(15-17)28(30)31)26-11-13-32-14-12-26/h3-8,15,20,28,30H,9-14,16H2,1-2H3,(H,24,29). The lowest BCUT2D eigenvalue weighted by Gasteiger charge is -2.30. The van der Waals surface area contributed by atoms with Crippen LogP contribution in [-0.4, -0.2) is 75.5 Å². The zero-order chi connectivity index (χ0) is 22.7. The van der Waals surface area contributed by atoms with Gasteiger partial charge in [-0.05, 0) is 56.9 Å². The van der Waals surface area contributed by atoms with Gasteiger partial charge in [-0.15, -0.1) is 0 Å². The molecule has 0 aromatic heterocycles. The Balaban J connectivity index is 1.44. The highest BCUT2D eigenvalue weighted by Gasteiger charge is 2.24. The normalized spacial score (nSPS) is 20.0. The molecular formula is C23H31N5O4. The summed E-state index contributed by atoms with van der Waals surface area (Å²) >= 11 is 0. The van der Waals surface area contributed by atoms with Crippen LogP contribution >= 0.6 is 0 Å². The molecule has 3 N–H and O–H groups in total. The first-order chi connectivity index (χ1) is 15.4. The average molecular weight is 442 g/mol. The van der Waals surface area contributed by atoms with Crippen molar-refractivity contribution >= 4 is 28.7 Å². The Morgan fingerprint density at radius 1 is 1.12 bits per heavy atom. The van der Waals surface area contributed by atoms with Crippen LogP contribution in [0.1, 0.15) is 16.8 Å². The summed E-state index contributed by atoms with van der Waals surface area (Å²) in [4.78, 5) is 19.4. The molecule has 0 aliphatic carbocycles. The van der Waals surface area contributed by atoms with Gasteiger partial charge in [0.2, 0.25) is 0 Å². The molecule has 0 radical (unpaired) electrons. The molecule has 2 unspecified atom stereocenters. The van der Waals surface area contributed by atoms with Crippen molar-refractivity contribution in [2.75, 3.05) is 68.6 Å². The summed E-state index contributed by atoms with van der Waals surface area (Å²) in [6.45, 7) is 4.39. The first-order valence-electron chi connectivity index (χ1n) is 10.9. The highest BCUT2D eigenvalue weighted by Crippen LogP contribution is 2.27.